The summed E-state index contributed by atoms with van der Waals surface area (Å²) in [4.78, 5) is 43.6. The number of carbonyl (C=O) groups is 3. The number of sulfonamides is 1. The number of carboxylic acids is 1. The van der Waals surface area contributed by atoms with Crippen molar-refractivity contribution in [3.63, 3.8) is 0 Å². The third kappa shape index (κ3) is 5.50. The molecular weight excluding hydrogens is 486 g/mol. The average Bonchev–Trinajstić information content (AvgIpc) is 2.89. The van der Waals surface area contributed by atoms with Gasteiger partial charge in [0.2, 0.25) is 0 Å². The van der Waals surface area contributed by atoms with Crippen LogP contribution in [0, 0.1) is 0 Å². The number of hydrogen-bond donors (Lipinski definition) is 3. The zero-order chi connectivity index (χ0) is 25.9. The van der Waals surface area contributed by atoms with Crippen LogP contribution in [0.2, 0.25) is 0 Å². The maximum atomic E-state index is 13.3. The number of carboxylic acid groups (broad SMARTS) is 1. The minimum atomic E-state index is -4.23. The summed E-state index contributed by atoms with van der Waals surface area (Å²) in [5, 5.41) is 13.3. The number of aliphatic carboxylic acids is 1. The van der Waals surface area contributed by atoms with Crippen molar-refractivity contribution < 1.29 is 27.9 Å². The Bertz CT molecular complexity index is 1250. The van der Waals surface area contributed by atoms with Crippen LogP contribution < -0.4 is 15.0 Å². The van der Waals surface area contributed by atoms with Gasteiger partial charge in [0.1, 0.15) is 12.6 Å². The number of anilines is 1. The quantitative estimate of drug-likeness (QED) is 0.427. The minimum Gasteiger partial charge on any atom is -0.480 e. The lowest BCUT2D eigenvalue weighted by Gasteiger charge is -2.33. The average molecular weight is 516 g/mol. The van der Waals surface area contributed by atoms with Gasteiger partial charge in [-0.15, -0.1) is 4.83 Å². The van der Waals surface area contributed by atoms with E-state index in [-0.39, 0.29) is 17.3 Å². The summed E-state index contributed by atoms with van der Waals surface area (Å²) in [6.45, 7) is 4.32. The molecule has 2 aromatic carbocycles. The normalized spacial score (nSPS) is 16.9. The lowest BCUT2D eigenvalue weighted by Crippen LogP contribution is -2.57. The van der Waals surface area contributed by atoms with Gasteiger partial charge in [-0.05, 0) is 43.2 Å². The van der Waals surface area contributed by atoms with Gasteiger partial charge in [0.15, 0.2) is 0 Å². The first kappa shape index (κ1) is 25.6. The molecule has 0 radical (unpaired) electrons. The van der Waals surface area contributed by atoms with Crippen LogP contribution in [0.1, 0.15) is 22.8 Å². The Balaban J connectivity index is 1.53. The van der Waals surface area contributed by atoms with Crippen molar-refractivity contribution >= 4 is 33.5 Å². The molecule has 3 N–H and O–H groups in total. The molecule has 2 amide bonds. The number of rotatable bonds is 8. The van der Waals surface area contributed by atoms with E-state index < -0.39 is 34.5 Å². The van der Waals surface area contributed by atoms with E-state index >= 15 is 0 Å². The Kier molecular flexibility index (Phi) is 7.57. The molecule has 2 heterocycles. The van der Waals surface area contributed by atoms with Crippen LogP contribution >= 0.6 is 0 Å². The second kappa shape index (κ2) is 10.6. The number of hydrazine groups is 1. The van der Waals surface area contributed by atoms with Crippen molar-refractivity contribution in [3.05, 3.63) is 59.7 Å². The SMILES string of the molecule is C[C@@H](C(=O)O)N(NS(=O)(=O)c1ccccc1)C(=O)CN1CCc2ccc(N3CCNCC3)cc2C1=O. The Morgan fingerprint density at radius 1 is 1.11 bits per heavy atom. The number of amides is 2. The van der Waals surface area contributed by atoms with Crippen LogP contribution in [0.15, 0.2) is 53.4 Å². The Morgan fingerprint density at radius 3 is 2.47 bits per heavy atom. The number of fused-ring (bicyclic) bond motifs is 1. The minimum absolute atomic E-state index is 0.121. The van der Waals surface area contributed by atoms with E-state index in [4.69, 9.17) is 0 Å². The van der Waals surface area contributed by atoms with E-state index in [9.17, 15) is 27.9 Å². The standard InChI is InChI=1S/C24H29N5O6S/c1-17(24(32)33)29(26-36(34,35)20-5-3-2-4-6-20)22(30)16-28-12-9-18-7-8-19(15-21(18)23(28)31)27-13-10-25-11-14-27/h2-8,15,17,25-26H,9-14,16H2,1H3,(H,32,33)/t17-/m0/s1. The number of benzene rings is 2. The number of hydrogen-bond acceptors (Lipinski definition) is 7. The summed E-state index contributed by atoms with van der Waals surface area (Å²) in [7, 11) is -4.23. The number of nitrogens with one attached hydrogen (secondary N) is 2. The summed E-state index contributed by atoms with van der Waals surface area (Å²) >= 11 is 0. The molecule has 192 valence electrons. The summed E-state index contributed by atoms with van der Waals surface area (Å²) in [5.74, 6) is -2.59. The van der Waals surface area contributed by atoms with E-state index in [1.54, 1.807) is 6.07 Å². The lowest BCUT2D eigenvalue weighted by atomic mass is 9.97. The van der Waals surface area contributed by atoms with Gasteiger partial charge >= 0.3 is 5.97 Å². The van der Waals surface area contributed by atoms with Crippen LogP contribution in [0.5, 0.6) is 0 Å². The summed E-state index contributed by atoms with van der Waals surface area (Å²) in [6, 6.07) is 11.6. The number of carbonyl (C=O) groups excluding carboxylic acids is 2. The van der Waals surface area contributed by atoms with E-state index in [2.05, 4.69) is 15.0 Å². The predicted molar refractivity (Wildman–Crippen MR) is 132 cm³/mol. The van der Waals surface area contributed by atoms with E-state index in [0.29, 0.717) is 17.0 Å². The topological polar surface area (TPSA) is 139 Å². The Labute approximate surface area is 209 Å². The van der Waals surface area contributed by atoms with Crippen LogP contribution in [0.3, 0.4) is 0 Å². The zero-order valence-electron chi connectivity index (χ0n) is 19.9. The molecule has 2 aromatic rings. The van der Waals surface area contributed by atoms with Crippen LogP contribution in [0.4, 0.5) is 5.69 Å². The van der Waals surface area contributed by atoms with Crippen molar-refractivity contribution in [2.75, 3.05) is 44.2 Å². The smallest absolute Gasteiger partial charge is 0.327 e. The molecule has 0 aliphatic carbocycles. The fourth-order valence-corrected chi connectivity index (χ4v) is 5.40. The first-order chi connectivity index (χ1) is 17.2. The third-order valence-electron chi connectivity index (χ3n) is 6.36. The van der Waals surface area contributed by atoms with E-state index in [0.717, 1.165) is 37.4 Å². The summed E-state index contributed by atoms with van der Waals surface area (Å²) < 4.78 is 25.6. The highest BCUT2D eigenvalue weighted by Crippen LogP contribution is 2.25. The molecule has 1 saturated heterocycles. The summed E-state index contributed by atoms with van der Waals surface area (Å²) in [5.41, 5.74) is 2.30. The third-order valence-corrected chi connectivity index (χ3v) is 7.69. The van der Waals surface area contributed by atoms with Crippen LogP contribution in [0.25, 0.3) is 0 Å². The maximum Gasteiger partial charge on any atom is 0.327 e. The van der Waals surface area contributed by atoms with E-state index in [1.807, 2.05) is 18.2 Å². The van der Waals surface area contributed by atoms with Crippen molar-refractivity contribution in [2.24, 2.45) is 0 Å². The largest absolute Gasteiger partial charge is 0.480 e. The van der Waals surface area contributed by atoms with Gasteiger partial charge in [-0.25, -0.2) is 18.2 Å². The van der Waals surface area contributed by atoms with Gasteiger partial charge in [0.25, 0.3) is 21.8 Å². The second-order valence-electron chi connectivity index (χ2n) is 8.74. The maximum absolute atomic E-state index is 13.3. The van der Waals surface area contributed by atoms with Crippen molar-refractivity contribution in [3.8, 4) is 0 Å². The highest BCUT2D eigenvalue weighted by atomic mass is 32.2. The highest BCUT2D eigenvalue weighted by molar-refractivity contribution is 7.89. The highest BCUT2D eigenvalue weighted by Gasteiger charge is 2.34. The first-order valence-electron chi connectivity index (χ1n) is 11.7. The Hall–Kier alpha value is -3.48. The molecule has 36 heavy (non-hydrogen) atoms. The van der Waals surface area contributed by atoms with Crippen molar-refractivity contribution in [1.82, 2.24) is 20.1 Å². The van der Waals surface area contributed by atoms with Gasteiger partial charge in [-0.3, -0.25) is 9.59 Å². The first-order valence-corrected chi connectivity index (χ1v) is 13.2. The van der Waals surface area contributed by atoms with Crippen LogP contribution in [-0.4, -0.2) is 86.5 Å². The molecule has 0 aromatic heterocycles. The fraction of sp³-hybridized carbons (Fsp3) is 0.375. The van der Waals surface area contributed by atoms with Crippen molar-refractivity contribution in [2.45, 2.75) is 24.3 Å². The second-order valence-corrected chi connectivity index (χ2v) is 10.4. The predicted octanol–water partition coefficient (Wildman–Crippen LogP) is 0.290. The summed E-state index contributed by atoms with van der Waals surface area (Å²) in [6.07, 6.45) is 0.528. The molecule has 2 aliphatic heterocycles. The molecule has 0 unspecified atom stereocenters. The van der Waals surface area contributed by atoms with Gasteiger partial charge in [0, 0.05) is 44.0 Å². The monoisotopic (exact) mass is 515 g/mol. The van der Waals surface area contributed by atoms with Crippen LogP contribution in [-0.2, 0) is 26.0 Å². The molecule has 11 nitrogen and oxygen atoms in total. The van der Waals surface area contributed by atoms with Gasteiger partial charge in [0.05, 0.1) is 4.90 Å². The molecule has 4 rings (SSSR count). The molecule has 2 aliphatic rings. The molecule has 0 saturated carbocycles. The molecule has 0 spiro atoms. The molecular formula is C24H29N5O6S. The molecule has 1 fully saturated rings. The number of nitrogens with zero attached hydrogens (tertiary/aromatic N) is 3. The van der Waals surface area contributed by atoms with Gasteiger partial charge in [-0.1, -0.05) is 24.3 Å². The van der Waals surface area contributed by atoms with Gasteiger partial charge < -0.3 is 20.2 Å². The lowest BCUT2D eigenvalue weighted by molar-refractivity contribution is -0.151. The number of piperazine rings is 1. The Morgan fingerprint density at radius 2 is 1.81 bits per heavy atom. The van der Waals surface area contributed by atoms with E-state index in [1.165, 1.54) is 36.1 Å². The zero-order valence-corrected chi connectivity index (χ0v) is 20.7. The van der Waals surface area contributed by atoms with Gasteiger partial charge in [-0.2, -0.15) is 0 Å². The fourth-order valence-electron chi connectivity index (χ4n) is 4.26. The van der Waals surface area contributed by atoms with Crippen molar-refractivity contribution in [1.29, 1.82) is 0 Å². The molecule has 0 bridgehead atoms. The molecule has 1 atom stereocenters. The molecule has 12 heteroatoms.